The molecule has 1 atom stereocenters. The summed E-state index contributed by atoms with van der Waals surface area (Å²) in [5.74, 6) is 1.59. The molecule has 4 heteroatoms. The second kappa shape index (κ2) is 14.5. The van der Waals surface area contributed by atoms with E-state index in [1.807, 2.05) is 0 Å². The minimum atomic E-state index is -0.266. The van der Waals surface area contributed by atoms with E-state index in [2.05, 4.69) is 187 Å². The number of benzene rings is 7. The average Bonchev–Trinajstić information content (AvgIpc) is 3.31. The van der Waals surface area contributed by atoms with Gasteiger partial charge in [-0.3, -0.25) is 0 Å². The van der Waals surface area contributed by atoms with Gasteiger partial charge < -0.3 is 10.6 Å². The third-order valence-corrected chi connectivity index (χ3v) is 12.0. The Hall–Kier alpha value is -7.04. The molecule has 7 aromatic carbocycles. The van der Waals surface area contributed by atoms with Gasteiger partial charge in [-0.2, -0.15) is 0 Å². The number of nitrogens with zero attached hydrogens (tertiary/aromatic N) is 2. The molecule has 7 aromatic rings. The van der Waals surface area contributed by atoms with Crippen molar-refractivity contribution in [2.24, 2.45) is 9.98 Å². The minimum absolute atomic E-state index is 0.266. The lowest BCUT2D eigenvalue weighted by atomic mass is 9.86. The number of rotatable bonds is 6. The first-order valence-corrected chi connectivity index (χ1v) is 20.5. The van der Waals surface area contributed by atoms with E-state index in [1.165, 1.54) is 59.9 Å². The summed E-state index contributed by atoms with van der Waals surface area (Å²) in [7, 11) is 0. The molecule has 0 saturated carbocycles. The van der Waals surface area contributed by atoms with E-state index in [9.17, 15) is 0 Å². The fraction of sp³-hybridized carbons (Fsp3) is 0.111. The van der Waals surface area contributed by atoms with Crippen molar-refractivity contribution >= 4 is 51.1 Å². The quantitative estimate of drug-likeness (QED) is 0.178. The lowest BCUT2D eigenvalue weighted by Crippen LogP contribution is -2.37. The van der Waals surface area contributed by atoms with E-state index < -0.39 is 0 Å². The molecule has 2 aliphatic carbocycles. The zero-order valence-electron chi connectivity index (χ0n) is 32.3. The van der Waals surface area contributed by atoms with Crippen LogP contribution in [0.3, 0.4) is 0 Å². The molecule has 0 amide bonds. The molecular formula is C54H42N4. The van der Waals surface area contributed by atoms with Gasteiger partial charge >= 0.3 is 0 Å². The fourth-order valence-electron chi connectivity index (χ4n) is 9.06. The number of hydrogen-bond donors (Lipinski definition) is 2. The summed E-state index contributed by atoms with van der Waals surface area (Å²) >= 11 is 0. The summed E-state index contributed by atoms with van der Waals surface area (Å²) in [5, 5.41) is 14.9. The highest BCUT2D eigenvalue weighted by Crippen LogP contribution is 2.39. The fourth-order valence-corrected chi connectivity index (χ4v) is 9.06. The topological polar surface area (TPSA) is 48.8 Å². The van der Waals surface area contributed by atoms with E-state index in [0.29, 0.717) is 0 Å². The molecule has 0 saturated heterocycles. The molecule has 11 rings (SSSR count). The third kappa shape index (κ3) is 6.28. The van der Waals surface area contributed by atoms with Crippen LogP contribution in [-0.2, 0) is 6.42 Å². The molecule has 2 aliphatic heterocycles. The highest BCUT2D eigenvalue weighted by atomic mass is 15.2. The van der Waals surface area contributed by atoms with Crippen LogP contribution in [0.5, 0.6) is 0 Å². The predicted octanol–water partition coefficient (Wildman–Crippen LogP) is 10.6. The normalized spacial score (nSPS) is 17.0. The number of allylic oxidation sites excluding steroid dienone is 3. The largest absolute Gasteiger partial charge is 0.381 e. The molecule has 2 N–H and O–H groups in total. The van der Waals surface area contributed by atoms with Gasteiger partial charge in [-0.1, -0.05) is 140 Å². The Labute approximate surface area is 338 Å². The van der Waals surface area contributed by atoms with Crippen molar-refractivity contribution in [2.45, 2.75) is 31.8 Å². The zero-order valence-corrected chi connectivity index (χ0v) is 32.3. The van der Waals surface area contributed by atoms with E-state index in [-0.39, 0.29) is 6.17 Å². The van der Waals surface area contributed by atoms with E-state index in [1.54, 1.807) is 0 Å². The van der Waals surface area contributed by atoms with Crippen LogP contribution in [0.25, 0.3) is 61.6 Å². The van der Waals surface area contributed by atoms with Gasteiger partial charge in [-0.25, -0.2) is 9.98 Å². The van der Waals surface area contributed by atoms with Crippen LogP contribution in [0.4, 0.5) is 0 Å². The summed E-state index contributed by atoms with van der Waals surface area (Å²) in [6.45, 7) is 0.824. The number of hydrogen-bond acceptors (Lipinski definition) is 4. The number of amidine groups is 2. The number of aliphatic imine (C=N–C) groups is 2. The van der Waals surface area contributed by atoms with Crippen LogP contribution < -0.4 is 21.1 Å². The van der Waals surface area contributed by atoms with Gasteiger partial charge in [0.05, 0.1) is 0 Å². The molecule has 4 aliphatic rings. The molecular weight excluding hydrogens is 705 g/mol. The number of fused-ring (bicyclic) bond motifs is 5. The summed E-state index contributed by atoms with van der Waals surface area (Å²) in [4.78, 5) is 10.6. The Bertz CT molecular complexity index is 3090. The first-order chi connectivity index (χ1) is 28.7. The van der Waals surface area contributed by atoms with Crippen LogP contribution >= 0.6 is 0 Å². The van der Waals surface area contributed by atoms with E-state index >= 15 is 0 Å². The smallest absolute Gasteiger partial charge is 0.159 e. The maximum Gasteiger partial charge on any atom is 0.159 e. The van der Waals surface area contributed by atoms with Crippen LogP contribution in [0.2, 0.25) is 0 Å². The van der Waals surface area contributed by atoms with Gasteiger partial charge in [0.25, 0.3) is 0 Å². The van der Waals surface area contributed by atoms with Crippen LogP contribution in [-0.4, -0.2) is 18.2 Å². The SMILES string of the molecule is C1=CC(C2=NC(c3cc(-c4ccc5cc(C6=c7ccccc7=CCN6)ccc5c4)cc(-c4cc5c(c6ccccc46)CCC=C5)c3)=NC(c3ccccc3)N2)=CCC1. The van der Waals surface area contributed by atoms with Crippen molar-refractivity contribution in [1.29, 1.82) is 0 Å². The molecule has 0 spiro atoms. The van der Waals surface area contributed by atoms with Crippen molar-refractivity contribution in [3.63, 3.8) is 0 Å². The number of nitrogens with one attached hydrogen (secondary N) is 2. The Morgan fingerprint density at radius 1 is 0.569 bits per heavy atom. The number of aryl methyl sites for hydroxylation is 1. The Kier molecular flexibility index (Phi) is 8.54. The summed E-state index contributed by atoms with van der Waals surface area (Å²) in [5.41, 5.74) is 13.0. The molecule has 4 nitrogen and oxygen atoms in total. The molecule has 278 valence electrons. The monoisotopic (exact) mass is 746 g/mol. The highest BCUT2D eigenvalue weighted by molar-refractivity contribution is 6.15. The van der Waals surface area contributed by atoms with E-state index in [0.717, 1.165) is 77.3 Å². The second-order valence-electron chi connectivity index (χ2n) is 15.6. The summed E-state index contributed by atoms with van der Waals surface area (Å²) in [6, 6.07) is 51.1. The van der Waals surface area contributed by atoms with Gasteiger partial charge in [0.1, 0.15) is 12.0 Å². The first-order valence-electron chi connectivity index (χ1n) is 20.5. The minimum Gasteiger partial charge on any atom is -0.381 e. The van der Waals surface area contributed by atoms with Crippen LogP contribution in [0.15, 0.2) is 179 Å². The molecule has 2 heterocycles. The van der Waals surface area contributed by atoms with Crippen molar-refractivity contribution in [2.75, 3.05) is 6.54 Å². The molecule has 0 aromatic heterocycles. The van der Waals surface area contributed by atoms with Crippen LogP contribution in [0.1, 0.15) is 53.2 Å². The lowest BCUT2D eigenvalue weighted by Gasteiger charge is -2.25. The zero-order chi connectivity index (χ0) is 38.4. The lowest BCUT2D eigenvalue weighted by molar-refractivity contribution is 0.673. The van der Waals surface area contributed by atoms with Gasteiger partial charge in [0.15, 0.2) is 5.84 Å². The molecule has 0 bridgehead atoms. The Morgan fingerprint density at radius 2 is 1.33 bits per heavy atom. The third-order valence-electron chi connectivity index (χ3n) is 12.0. The van der Waals surface area contributed by atoms with Gasteiger partial charge in [-0.05, 0) is 133 Å². The van der Waals surface area contributed by atoms with E-state index in [4.69, 9.17) is 9.98 Å². The highest BCUT2D eigenvalue weighted by Gasteiger charge is 2.23. The maximum absolute atomic E-state index is 5.33. The van der Waals surface area contributed by atoms with Crippen molar-refractivity contribution in [1.82, 2.24) is 10.6 Å². The molecule has 0 fully saturated rings. The Balaban J connectivity index is 1.09. The van der Waals surface area contributed by atoms with Gasteiger partial charge in [-0.15, -0.1) is 0 Å². The Morgan fingerprint density at radius 3 is 2.21 bits per heavy atom. The van der Waals surface area contributed by atoms with Crippen molar-refractivity contribution in [3.8, 4) is 22.3 Å². The van der Waals surface area contributed by atoms with Crippen molar-refractivity contribution < 1.29 is 0 Å². The summed E-state index contributed by atoms with van der Waals surface area (Å²) < 4.78 is 0. The van der Waals surface area contributed by atoms with Crippen molar-refractivity contribution in [3.05, 3.63) is 208 Å². The predicted molar refractivity (Wildman–Crippen MR) is 243 cm³/mol. The van der Waals surface area contributed by atoms with Gasteiger partial charge in [0, 0.05) is 28.6 Å². The molecule has 1 unspecified atom stereocenters. The standard InChI is InChI=1S/C54H42N4/c1-3-14-36(15-4-1)52-56-53(37-16-5-2-6-17-37)58-54(57-52)45-32-43(31-44(33-45)50-34-41-18-8-9-19-46(41)48-21-11-12-22-49(48)50)40-24-23-39-30-42(26-25-38(39)29-40)51-47-20-10-7-13-35(47)27-28-55-51/h1,3-5,7-8,10-18,20-27,29-34,52,55H,2,6,9,19,28H2,(H,56,57,58). The first kappa shape index (κ1) is 34.2. The molecule has 0 radical (unpaired) electrons. The maximum atomic E-state index is 5.33. The van der Waals surface area contributed by atoms with Crippen LogP contribution in [0, 0.1) is 0 Å². The average molecular weight is 747 g/mol. The van der Waals surface area contributed by atoms with Gasteiger partial charge in [0.2, 0.25) is 0 Å². The summed E-state index contributed by atoms with van der Waals surface area (Å²) in [6.07, 6.45) is 17.5. The second-order valence-corrected chi connectivity index (χ2v) is 15.6. The molecule has 58 heavy (non-hydrogen) atoms.